The summed E-state index contributed by atoms with van der Waals surface area (Å²) in [6, 6.07) is 15.7. The van der Waals surface area contributed by atoms with Crippen molar-refractivity contribution in [3.05, 3.63) is 70.4 Å². The Kier molecular flexibility index (Phi) is 7.45. The lowest BCUT2D eigenvalue weighted by Gasteiger charge is -2.12. The summed E-state index contributed by atoms with van der Waals surface area (Å²) in [6.45, 7) is 2.69. The number of carbonyl (C=O) groups is 2. The summed E-state index contributed by atoms with van der Waals surface area (Å²) < 4.78 is 11.1. The predicted molar refractivity (Wildman–Crippen MR) is 120 cm³/mol. The number of ether oxygens (including phenoxy) is 2. The summed E-state index contributed by atoms with van der Waals surface area (Å²) in [4.78, 5) is 25.5. The number of unbranched alkanes of at least 4 members (excludes halogenated alkanes) is 1. The molecule has 0 atom stereocenters. The Balaban J connectivity index is 1.67. The Hall–Kier alpha value is -3.32. The van der Waals surface area contributed by atoms with E-state index in [1.807, 2.05) is 11.4 Å². The Morgan fingerprint density at radius 3 is 2.37 bits per heavy atom. The minimum Gasteiger partial charge on any atom is -0.493 e. The van der Waals surface area contributed by atoms with Gasteiger partial charge in [0.1, 0.15) is 0 Å². The summed E-state index contributed by atoms with van der Waals surface area (Å²) in [5.74, 6) is 0.656. The largest absolute Gasteiger partial charge is 0.493 e. The minimum atomic E-state index is -0.282. The van der Waals surface area contributed by atoms with E-state index in [0.717, 1.165) is 12.8 Å². The van der Waals surface area contributed by atoms with Crippen LogP contribution in [0.4, 0.5) is 11.4 Å². The minimum absolute atomic E-state index is 0.183. The van der Waals surface area contributed by atoms with E-state index in [1.54, 1.807) is 55.6 Å². The van der Waals surface area contributed by atoms with Crippen molar-refractivity contribution in [1.29, 1.82) is 0 Å². The summed E-state index contributed by atoms with van der Waals surface area (Å²) in [5, 5.41) is 7.52. The Bertz CT molecular complexity index is 1000. The smallest absolute Gasteiger partial charge is 0.265 e. The van der Waals surface area contributed by atoms with E-state index in [-0.39, 0.29) is 11.8 Å². The number of thiophene rings is 1. The van der Waals surface area contributed by atoms with Gasteiger partial charge in [-0.05, 0) is 54.3 Å². The van der Waals surface area contributed by atoms with Crippen LogP contribution in [0.3, 0.4) is 0 Å². The standard InChI is InChI=1S/C23H24N2O4S/c1-3-4-12-29-19-11-10-16(14-20(19)28-2)22(26)24-17-7-5-8-18(15-17)25-23(27)21-9-6-13-30-21/h5-11,13-15H,3-4,12H2,1-2H3,(H,24,26)(H,25,27). The monoisotopic (exact) mass is 424 g/mol. The molecule has 7 heteroatoms. The number of hydrogen-bond acceptors (Lipinski definition) is 5. The average Bonchev–Trinajstić information content (AvgIpc) is 3.29. The fourth-order valence-corrected chi connectivity index (χ4v) is 3.35. The van der Waals surface area contributed by atoms with E-state index >= 15 is 0 Å². The molecule has 0 unspecified atom stereocenters. The van der Waals surface area contributed by atoms with Crippen molar-refractivity contribution in [3.8, 4) is 11.5 Å². The van der Waals surface area contributed by atoms with E-state index in [2.05, 4.69) is 17.6 Å². The van der Waals surface area contributed by atoms with Gasteiger partial charge in [0.05, 0.1) is 18.6 Å². The molecule has 2 aromatic carbocycles. The quantitative estimate of drug-likeness (QED) is 0.449. The van der Waals surface area contributed by atoms with Gasteiger partial charge in [-0.3, -0.25) is 9.59 Å². The zero-order valence-corrected chi connectivity index (χ0v) is 17.8. The molecule has 156 valence electrons. The topological polar surface area (TPSA) is 76.7 Å². The van der Waals surface area contributed by atoms with Crippen LogP contribution in [0.5, 0.6) is 11.5 Å². The molecule has 6 nitrogen and oxygen atoms in total. The molecule has 0 saturated heterocycles. The maximum Gasteiger partial charge on any atom is 0.265 e. The van der Waals surface area contributed by atoms with Crippen molar-refractivity contribution >= 4 is 34.5 Å². The number of amides is 2. The first-order valence-corrected chi connectivity index (χ1v) is 10.6. The van der Waals surface area contributed by atoms with Gasteiger partial charge < -0.3 is 20.1 Å². The molecule has 0 saturated carbocycles. The van der Waals surface area contributed by atoms with Gasteiger partial charge in [0, 0.05) is 16.9 Å². The molecule has 3 rings (SSSR count). The van der Waals surface area contributed by atoms with Gasteiger partial charge in [0.2, 0.25) is 0 Å². The number of benzene rings is 2. The fraction of sp³-hybridized carbons (Fsp3) is 0.217. The van der Waals surface area contributed by atoms with Crippen LogP contribution in [0.25, 0.3) is 0 Å². The Morgan fingerprint density at radius 2 is 1.70 bits per heavy atom. The molecule has 0 spiro atoms. The molecule has 30 heavy (non-hydrogen) atoms. The predicted octanol–water partition coefficient (Wildman–Crippen LogP) is 5.44. The van der Waals surface area contributed by atoms with Crippen LogP contribution in [0, 0.1) is 0 Å². The lowest BCUT2D eigenvalue weighted by molar-refractivity contribution is 0.102. The van der Waals surface area contributed by atoms with Crippen molar-refractivity contribution in [3.63, 3.8) is 0 Å². The first kappa shape index (κ1) is 21.4. The SMILES string of the molecule is CCCCOc1ccc(C(=O)Nc2cccc(NC(=O)c3cccs3)c2)cc1OC. The number of methoxy groups -OCH3 is 1. The summed E-state index contributed by atoms with van der Waals surface area (Å²) in [5.41, 5.74) is 1.62. The maximum atomic E-state index is 12.7. The normalized spacial score (nSPS) is 10.3. The van der Waals surface area contributed by atoms with Gasteiger partial charge in [-0.25, -0.2) is 0 Å². The average molecular weight is 425 g/mol. The van der Waals surface area contributed by atoms with E-state index < -0.39 is 0 Å². The zero-order valence-electron chi connectivity index (χ0n) is 16.9. The summed E-state index contributed by atoms with van der Waals surface area (Å²) in [7, 11) is 1.55. The van der Waals surface area contributed by atoms with Gasteiger partial charge in [-0.15, -0.1) is 11.3 Å². The highest BCUT2D eigenvalue weighted by Gasteiger charge is 2.12. The molecule has 0 aliphatic heterocycles. The Labute approximate surface area is 179 Å². The van der Waals surface area contributed by atoms with Crippen LogP contribution < -0.4 is 20.1 Å². The third-order valence-electron chi connectivity index (χ3n) is 4.30. The number of anilines is 2. The first-order chi connectivity index (χ1) is 14.6. The molecule has 0 radical (unpaired) electrons. The van der Waals surface area contributed by atoms with Gasteiger partial charge in [-0.1, -0.05) is 25.5 Å². The second-order valence-corrected chi connectivity index (χ2v) is 7.48. The molecule has 0 aliphatic rings. The van der Waals surface area contributed by atoms with Gasteiger partial charge in [-0.2, -0.15) is 0 Å². The number of nitrogens with one attached hydrogen (secondary N) is 2. The second-order valence-electron chi connectivity index (χ2n) is 6.53. The van der Waals surface area contributed by atoms with Gasteiger partial charge in [0.15, 0.2) is 11.5 Å². The van der Waals surface area contributed by atoms with E-state index in [4.69, 9.17) is 9.47 Å². The van der Waals surface area contributed by atoms with Crippen molar-refractivity contribution in [1.82, 2.24) is 0 Å². The highest BCUT2D eigenvalue weighted by molar-refractivity contribution is 7.12. The molecule has 0 aliphatic carbocycles. The second kappa shape index (κ2) is 10.5. The third-order valence-corrected chi connectivity index (χ3v) is 5.17. The molecule has 1 aromatic heterocycles. The molecular weight excluding hydrogens is 400 g/mol. The van der Waals surface area contributed by atoms with Crippen molar-refractivity contribution < 1.29 is 19.1 Å². The molecule has 2 amide bonds. The van der Waals surface area contributed by atoms with E-state index in [9.17, 15) is 9.59 Å². The number of hydrogen-bond donors (Lipinski definition) is 2. The third kappa shape index (κ3) is 5.61. The van der Waals surface area contributed by atoms with E-state index in [0.29, 0.717) is 39.9 Å². The summed E-state index contributed by atoms with van der Waals surface area (Å²) in [6.07, 6.45) is 1.99. The summed E-state index contributed by atoms with van der Waals surface area (Å²) >= 11 is 1.37. The maximum absolute atomic E-state index is 12.7. The lowest BCUT2D eigenvalue weighted by atomic mass is 10.1. The van der Waals surface area contributed by atoms with Crippen molar-refractivity contribution in [2.24, 2.45) is 0 Å². The van der Waals surface area contributed by atoms with Crippen LogP contribution in [-0.4, -0.2) is 25.5 Å². The van der Waals surface area contributed by atoms with Crippen LogP contribution >= 0.6 is 11.3 Å². The van der Waals surface area contributed by atoms with Gasteiger partial charge >= 0.3 is 0 Å². The highest BCUT2D eigenvalue weighted by Crippen LogP contribution is 2.29. The zero-order chi connectivity index (χ0) is 21.3. The number of carbonyl (C=O) groups excluding carboxylic acids is 2. The lowest BCUT2D eigenvalue weighted by Crippen LogP contribution is -2.13. The van der Waals surface area contributed by atoms with Crippen molar-refractivity contribution in [2.75, 3.05) is 24.4 Å². The molecule has 1 heterocycles. The van der Waals surface area contributed by atoms with Crippen LogP contribution in [-0.2, 0) is 0 Å². The molecular formula is C23H24N2O4S. The first-order valence-electron chi connectivity index (χ1n) is 9.68. The number of rotatable bonds is 9. The Morgan fingerprint density at radius 1 is 0.933 bits per heavy atom. The van der Waals surface area contributed by atoms with Gasteiger partial charge in [0.25, 0.3) is 11.8 Å². The van der Waals surface area contributed by atoms with E-state index in [1.165, 1.54) is 11.3 Å². The van der Waals surface area contributed by atoms with Crippen LogP contribution in [0.2, 0.25) is 0 Å². The molecule has 0 fully saturated rings. The molecule has 2 N–H and O–H groups in total. The fourth-order valence-electron chi connectivity index (χ4n) is 2.73. The highest BCUT2D eigenvalue weighted by atomic mass is 32.1. The molecule has 3 aromatic rings. The molecule has 0 bridgehead atoms. The van der Waals surface area contributed by atoms with Crippen LogP contribution in [0.15, 0.2) is 60.0 Å². The van der Waals surface area contributed by atoms with Crippen LogP contribution in [0.1, 0.15) is 39.8 Å². The van der Waals surface area contributed by atoms with Crippen molar-refractivity contribution in [2.45, 2.75) is 19.8 Å².